The highest BCUT2D eigenvalue weighted by atomic mass is 79.9. The van der Waals surface area contributed by atoms with E-state index in [0.717, 1.165) is 37.2 Å². The predicted octanol–water partition coefficient (Wildman–Crippen LogP) is 4.38. The standard InChI is InChI=1S/C23H28BrN5O/c1-4-21(17-9-11-19(12-10-17)26-13-6-14-29(2)3)28-23(30)18(16-25)15-20-7-5-8-22(24)27-20/h5,7-12,15,21,26H,4,6,13-14H2,1-3H3,(H,28,30)/b18-15+. The van der Waals surface area contributed by atoms with Crippen molar-refractivity contribution >= 4 is 33.6 Å². The number of aromatic nitrogens is 1. The first-order valence-corrected chi connectivity index (χ1v) is 10.8. The molecule has 2 N–H and O–H groups in total. The zero-order chi connectivity index (χ0) is 21.9. The molecule has 0 aliphatic carbocycles. The van der Waals surface area contributed by atoms with Crippen LogP contribution in [-0.4, -0.2) is 43.0 Å². The highest BCUT2D eigenvalue weighted by Gasteiger charge is 2.16. The highest BCUT2D eigenvalue weighted by molar-refractivity contribution is 9.10. The van der Waals surface area contributed by atoms with Gasteiger partial charge in [0.15, 0.2) is 0 Å². The molecule has 0 saturated carbocycles. The molecule has 0 aliphatic rings. The van der Waals surface area contributed by atoms with Crippen LogP contribution in [0.2, 0.25) is 0 Å². The van der Waals surface area contributed by atoms with Crippen molar-refractivity contribution in [2.24, 2.45) is 0 Å². The second-order valence-corrected chi connectivity index (χ2v) is 8.01. The second-order valence-electron chi connectivity index (χ2n) is 7.19. The van der Waals surface area contributed by atoms with E-state index in [-0.39, 0.29) is 11.6 Å². The summed E-state index contributed by atoms with van der Waals surface area (Å²) in [6.45, 7) is 3.95. The lowest BCUT2D eigenvalue weighted by molar-refractivity contribution is -0.117. The summed E-state index contributed by atoms with van der Waals surface area (Å²) < 4.78 is 0.649. The van der Waals surface area contributed by atoms with Crippen LogP contribution in [0.1, 0.15) is 37.1 Å². The van der Waals surface area contributed by atoms with Gasteiger partial charge in [-0.25, -0.2) is 4.98 Å². The van der Waals surface area contributed by atoms with Crippen LogP contribution < -0.4 is 10.6 Å². The molecule has 158 valence electrons. The molecule has 0 bridgehead atoms. The lowest BCUT2D eigenvalue weighted by Gasteiger charge is -2.18. The minimum Gasteiger partial charge on any atom is -0.385 e. The molecule has 1 atom stereocenters. The van der Waals surface area contributed by atoms with Crippen LogP contribution in [0.3, 0.4) is 0 Å². The smallest absolute Gasteiger partial charge is 0.262 e. The fraction of sp³-hybridized carbons (Fsp3) is 0.348. The molecule has 0 aliphatic heterocycles. The molecule has 0 spiro atoms. The summed E-state index contributed by atoms with van der Waals surface area (Å²) in [5.41, 5.74) is 2.63. The molecule has 1 unspecified atom stereocenters. The Kier molecular flexibility index (Phi) is 9.52. The van der Waals surface area contributed by atoms with Gasteiger partial charge < -0.3 is 15.5 Å². The molecular weight excluding hydrogens is 442 g/mol. The molecule has 0 radical (unpaired) electrons. The summed E-state index contributed by atoms with van der Waals surface area (Å²) in [6, 6.07) is 15.2. The summed E-state index contributed by atoms with van der Waals surface area (Å²) in [5.74, 6) is -0.406. The van der Waals surface area contributed by atoms with Crippen molar-refractivity contribution < 1.29 is 4.79 Å². The maximum absolute atomic E-state index is 12.6. The Labute approximate surface area is 187 Å². The summed E-state index contributed by atoms with van der Waals surface area (Å²) in [7, 11) is 4.13. The number of nitrogens with zero attached hydrogens (tertiary/aromatic N) is 3. The highest BCUT2D eigenvalue weighted by Crippen LogP contribution is 2.20. The largest absolute Gasteiger partial charge is 0.385 e. The molecular formula is C23H28BrN5O. The first-order valence-electron chi connectivity index (χ1n) is 9.96. The van der Waals surface area contributed by atoms with Crippen LogP contribution in [0.5, 0.6) is 0 Å². The Bertz CT molecular complexity index is 903. The van der Waals surface area contributed by atoms with Crippen molar-refractivity contribution in [3.63, 3.8) is 0 Å². The van der Waals surface area contributed by atoms with Crippen molar-refractivity contribution in [3.05, 3.63) is 63.9 Å². The van der Waals surface area contributed by atoms with Crippen molar-refractivity contribution in [1.29, 1.82) is 5.26 Å². The van der Waals surface area contributed by atoms with Crippen LogP contribution in [0.25, 0.3) is 6.08 Å². The number of nitriles is 1. The fourth-order valence-corrected chi connectivity index (χ4v) is 3.28. The van der Waals surface area contributed by atoms with E-state index >= 15 is 0 Å². The predicted molar refractivity (Wildman–Crippen MR) is 125 cm³/mol. The molecule has 2 rings (SSSR count). The first kappa shape index (κ1) is 23.6. The number of hydrogen-bond acceptors (Lipinski definition) is 5. The number of benzene rings is 1. The minimum absolute atomic E-state index is 0.0261. The molecule has 0 saturated heterocycles. The minimum atomic E-state index is -0.406. The molecule has 6 nitrogen and oxygen atoms in total. The molecule has 1 aromatic carbocycles. The summed E-state index contributed by atoms with van der Waals surface area (Å²) >= 11 is 3.29. The lowest BCUT2D eigenvalue weighted by Crippen LogP contribution is -2.29. The van der Waals surface area contributed by atoms with Gasteiger partial charge in [-0.2, -0.15) is 5.26 Å². The molecule has 2 aromatic rings. The van der Waals surface area contributed by atoms with E-state index in [0.29, 0.717) is 10.3 Å². The molecule has 30 heavy (non-hydrogen) atoms. The van der Waals surface area contributed by atoms with Crippen LogP contribution >= 0.6 is 15.9 Å². The number of carbonyl (C=O) groups is 1. The fourth-order valence-electron chi connectivity index (χ4n) is 2.92. The Balaban J connectivity index is 2.01. The topological polar surface area (TPSA) is 81.0 Å². The van der Waals surface area contributed by atoms with Gasteiger partial charge in [-0.3, -0.25) is 4.79 Å². The quantitative estimate of drug-likeness (QED) is 0.233. The summed E-state index contributed by atoms with van der Waals surface area (Å²) in [5, 5.41) is 15.8. The molecule has 0 fully saturated rings. The number of nitrogens with one attached hydrogen (secondary N) is 2. The van der Waals surface area contributed by atoms with Crippen LogP contribution in [0, 0.1) is 11.3 Å². The van der Waals surface area contributed by atoms with Crippen molar-refractivity contribution in [1.82, 2.24) is 15.2 Å². The number of carbonyl (C=O) groups excluding carboxylic acids is 1. The number of rotatable bonds is 10. The van der Waals surface area contributed by atoms with Gasteiger partial charge in [0.1, 0.15) is 16.2 Å². The molecule has 1 heterocycles. The first-order chi connectivity index (χ1) is 14.4. The number of pyridine rings is 1. The zero-order valence-corrected chi connectivity index (χ0v) is 19.2. The SMILES string of the molecule is CCC(NC(=O)/C(C#N)=C/c1cccc(Br)n1)c1ccc(NCCCN(C)C)cc1. The average Bonchev–Trinajstić information content (AvgIpc) is 2.73. The van der Waals surface area contributed by atoms with Crippen LogP contribution in [0.4, 0.5) is 5.69 Å². The van der Waals surface area contributed by atoms with E-state index in [1.807, 2.05) is 37.3 Å². The number of hydrogen-bond donors (Lipinski definition) is 2. The Morgan fingerprint density at radius 3 is 2.60 bits per heavy atom. The van der Waals surface area contributed by atoms with Gasteiger partial charge in [-0.15, -0.1) is 0 Å². The third-order valence-electron chi connectivity index (χ3n) is 4.53. The van der Waals surface area contributed by atoms with Crippen LogP contribution in [-0.2, 0) is 4.79 Å². The molecule has 1 amide bonds. The van der Waals surface area contributed by atoms with Crippen molar-refractivity contribution in [2.45, 2.75) is 25.8 Å². The average molecular weight is 470 g/mol. The van der Waals surface area contributed by atoms with Gasteiger partial charge >= 0.3 is 0 Å². The number of halogens is 1. The van der Waals surface area contributed by atoms with Crippen molar-refractivity contribution in [2.75, 3.05) is 32.5 Å². The Hall–Kier alpha value is -2.69. The van der Waals surface area contributed by atoms with Gasteiger partial charge in [-0.1, -0.05) is 25.1 Å². The maximum atomic E-state index is 12.6. The van der Waals surface area contributed by atoms with Gasteiger partial charge in [-0.05, 0) is 85.3 Å². The van der Waals surface area contributed by atoms with Crippen LogP contribution in [0.15, 0.2) is 52.6 Å². The monoisotopic (exact) mass is 469 g/mol. The second kappa shape index (κ2) is 12.1. The molecule has 7 heteroatoms. The number of amides is 1. The van der Waals surface area contributed by atoms with Crippen molar-refractivity contribution in [3.8, 4) is 6.07 Å². The van der Waals surface area contributed by atoms with E-state index in [9.17, 15) is 10.1 Å². The third-order valence-corrected chi connectivity index (χ3v) is 4.97. The van der Waals surface area contributed by atoms with E-state index < -0.39 is 5.91 Å². The van der Waals surface area contributed by atoms with E-state index in [4.69, 9.17) is 0 Å². The number of anilines is 1. The van der Waals surface area contributed by atoms with E-state index in [1.54, 1.807) is 18.2 Å². The molecule has 1 aromatic heterocycles. The Morgan fingerprint density at radius 1 is 1.27 bits per heavy atom. The van der Waals surface area contributed by atoms with E-state index in [2.05, 4.69) is 50.5 Å². The lowest BCUT2D eigenvalue weighted by atomic mass is 10.0. The summed E-state index contributed by atoms with van der Waals surface area (Å²) in [6.07, 6.45) is 3.28. The van der Waals surface area contributed by atoms with Gasteiger partial charge in [0.25, 0.3) is 5.91 Å². The Morgan fingerprint density at radius 2 is 2.00 bits per heavy atom. The third kappa shape index (κ3) is 7.62. The van der Waals surface area contributed by atoms with Gasteiger partial charge in [0, 0.05) is 12.2 Å². The maximum Gasteiger partial charge on any atom is 0.262 e. The zero-order valence-electron chi connectivity index (χ0n) is 17.7. The summed E-state index contributed by atoms with van der Waals surface area (Å²) in [4.78, 5) is 19.1. The van der Waals surface area contributed by atoms with E-state index in [1.165, 1.54) is 6.08 Å². The normalized spacial score (nSPS) is 12.3. The van der Waals surface area contributed by atoms with Gasteiger partial charge in [0.05, 0.1) is 11.7 Å². The van der Waals surface area contributed by atoms with Gasteiger partial charge in [0.2, 0.25) is 0 Å².